The molecule has 3 aromatic carbocycles. The van der Waals surface area contributed by atoms with Crippen molar-refractivity contribution in [2.75, 3.05) is 10.6 Å². The van der Waals surface area contributed by atoms with E-state index in [-0.39, 0.29) is 22.8 Å². The number of hydrogen-bond acceptors (Lipinski definition) is 6. The van der Waals surface area contributed by atoms with E-state index < -0.39 is 23.8 Å². The highest BCUT2D eigenvalue weighted by atomic mass is 35.5. The van der Waals surface area contributed by atoms with Crippen molar-refractivity contribution in [3.05, 3.63) is 111 Å². The summed E-state index contributed by atoms with van der Waals surface area (Å²) in [5.74, 6) is -1.85. The Morgan fingerprint density at radius 1 is 0.974 bits per heavy atom. The van der Waals surface area contributed by atoms with Crippen molar-refractivity contribution in [2.45, 2.75) is 25.9 Å². The molecule has 1 heterocycles. The number of nitrogens with one attached hydrogen (secondary N) is 1. The van der Waals surface area contributed by atoms with E-state index in [1.165, 1.54) is 4.90 Å². The number of rotatable bonds is 9. The summed E-state index contributed by atoms with van der Waals surface area (Å²) >= 11 is 6.89. The van der Waals surface area contributed by atoms with Crippen LogP contribution in [0, 0.1) is 0 Å². The lowest BCUT2D eigenvalue weighted by atomic mass is 10.0. The number of anilines is 2. The number of nitrogens with two attached hydrogens (primary N) is 2. The van der Waals surface area contributed by atoms with Crippen LogP contribution in [-0.2, 0) is 17.8 Å². The standard InChI is InChI=1S/C28H26ClN5O3S/c1-2-17-8-14-21(15-9-17)34(28(37)25-22(30)23(26(31)35)33-38-25)24(19-10-12-20(29)13-11-19)27(36)32-16-18-6-4-3-5-7-18/h3-15,24H,2,16,30H2,1H3,(H2,31,35)(H,32,36)/t24-/m1/s1. The Morgan fingerprint density at radius 2 is 1.63 bits per heavy atom. The van der Waals surface area contributed by atoms with Crippen LogP contribution in [0.5, 0.6) is 0 Å². The number of aryl methyl sites for hydroxylation is 1. The predicted octanol–water partition coefficient (Wildman–Crippen LogP) is 4.74. The van der Waals surface area contributed by atoms with Crippen molar-refractivity contribution in [1.29, 1.82) is 0 Å². The number of carbonyl (C=O) groups is 3. The van der Waals surface area contributed by atoms with Crippen molar-refractivity contribution in [1.82, 2.24) is 9.69 Å². The van der Waals surface area contributed by atoms with E-state index in [1.807, 2.05) is 49.4 Å². The molecule has 0 aliphatic heterocycles. The van der Waals surface area contributed by atoms with E-state index in [0.717, 1.165) is 29.1 Å². The average molecular weight is 548 g/mol. The van der Waals surface area contributed by atoms with Crippen molar-refractivity contribution in [3.63, 3.8) is 0 Å². The first kappa shape index (κ1) is 26.8. The van der Waals surface area contributed by atoms with Gasteiger partial charge in [-0.3, -0.25) is 19.3 Å². The van der Waals surface area contributed by atoms with Crippen molar-refractivity contribution in [2.24, 2.45) is 5.73 Å². The lowest BCUT2D eigenvalue weighted by Gasteiger charge is -2.31. The van der Waals surface area contributed by atoms with Gasteiger partial charge in [0.2, 0.25) is 5.91 Å². The number of carbonyl (C=O) groups excluding carboxylic acids is 3. The summed E-state index contributed by atoms with van der Waals surface area (Å²) in [5.41, 5.74) is 14.2. The fourth-order valence-corrected chi connectivity index (χ4v) is 4.83. The van der Waals surface area contributed by atoms with Crippen LogP contribution in [0.4, 0.5) is 11.4 Å². The molecule has 0 unspecified atom stereocenters. The molecule has 0 saturated heterocycles. The van der Waals surface area contributed by atoms with Crippen molar-refractivity contribution < 1.29 is 14.4 Å². The van der Waals surface area contributed by atoms with Crippen LogP contribution in [0.2, 0.25) is 5.02 Å². The van der Waals surface area contributed by atoms with E-state index >= 15 is 0 Å². The molecule has 1 aromatic heterocycles. The zero-order chi connectivity index (χ0) is 27.2. The van der Waals surface area contributed by atoms with Gasteiger partial charge in [0.15, 0.2) is 5.69 Å². The van der Waals surface area contributed by atoms with E-state index in [4.69, 9.17) is 23.1 Å². The molecule has 194 valence electrons. The number of primary amides is 1. The molecule has 3 amide bonds. The summed E-state index contributed by atoms with van der Waals surface area (Å²) in [5, 5.41) is 3.43. The van der Waals surface area contributed by atoms with E-state index in [2.05, 4.69) is 9.69 Å². The summed E-state index contributed by atoms with van der Waals surface area (Å²) in [6.45, 7) is 2.28. The molecule has 0 aliphatic rings. The van der Waals surface area contributed by atoms with Crippen LogP contribution in [-0.4, -0.2) is 22.1 Å². The Morgan fingerprint density at radius 3 is 2.21 bits per heavy atom. The fraction of sp³-hybridized carbons (Fsp3) is 0.143. The van der Waals surface area contributed by atoms with Gasteiger partial charge >= 0.3 is 0 Å². The maximum absolute atomic E-state index is 14.1. The average Bonchev–Trinajstić information content (AvgIpc) is 3.33. The van der Waals surface area contributed by atoms with Crippen LogP contribution in [0.3, 0.4) is 0 Å². The molecule has 0 radical (unpaired) electrons. The lowest BCUT2D eigenvalue weighted by molar-refractivity contribution is -0.122. The normalized spacial score (nSPS) is 11.5. The summed E-state index contributed by atoms with van der Waals surface area (Å²) in [6, 6.07) is 22.4. The van der Waals surface area contributed by atoms with Gasteiger partial charge < -0.3 is 16.8 Å². The zero-order valence-electron chi connectivity index (χ0n) is 20.6. The Balaban J connectivity index is 1.82. The smallest absolute Gasteiger partial charge is 0.273 e. The minimum Gasteiger partial charge on any atom is -0.395 e. The Kier molecular flexibility index (Phi) is 8.40. The Hall–Kier alpha value is -4.21. The van der Waals surface area contributed by atoms with Crippen molar-refractivity contribution in [3.8, 4) is 0 Å². The predicted molar refractivity (Wildman–Crippen MR) is 150 cm³/mol. The van der Waals surface area contributed by atoms with Crippen LogP contribution >= 0.6 is 23.1 Å². The molecule has 0 spiro atoms. The SMILES string of the molecule is CCc1ccc(N(C(=O)c2snc(C(N)=O)c2N)[C@@H](C(=O)NCc2ccccc2)c2ccc(Cl)cc2)cc1. The number of hydrogen-bond donors (Lipinski definition) is 3. The second-order valence-corrected chi connectivity index (χ2v) is 9.70. The van der Waals surface area contributed by atoms with Gasteiger partial charge in [-0.25, -0.2) is 0 Å². The number of amides is 3. The molecule has 5 N–H and O–H groups in total. The van der Waals surface area contributed by atoms with E-state index in [0.29, 0.717) is 16.3 Å². The van der Waals surface area contributed by atoms with Crippen LogP contribution in [0.15, 0.2) is 78.9 Å². The van der Waals surface area contributed by atoms with Crippen LogP contribution in [0.1, 0.15) is 49.8 Å². The van der Waals surface area contributed by atoms with Gasteiger partial charge in [-0.05, 0) is 58.9 Å². The van der Waals surface area contributed by atoms with E-state index in [9.17, 15) is 14.4 Å². The molecule has 0 saturated carbocycles. The van der Waals surface area contributed by atoms with Crippen LogP contribution in [0.25, 0.3) is 0 Å². The third kappa shape index (κ3) is 5.85. The second-order valence-electron chi connectivity index (χ2n) is 8.49. The highest BCUT2D eigenvalue weighted by Gasteiger charge is 2.36. The number of nitrogen functional groups attached to an aromatic ring is 1. The maximum Gasteiger partial charge on any atom is 0.273 e. The first-order valence-corrected chi connectivity index (χ1v) is 13.0. The third-order valence-corrected chi connectivity index (χ3v) is 7.10. The van der Waals surface area contributed by atoms with Crippen LogP contribution < -0.4 is 21.7 Å². The van der Waals surface area contributed by atoms with E-state index in [1.54, 1.807) is 36.4 Å². The first-order chi connectivity index (χ1) is 18.3. The molecule has 10 heteroatoms. The molecular weight excluding hydrogens is 522 g/mol. The summed E-state index contributed by atoms with van der Waals surface area (Å²) < 4.78 is 3.98. The third-order valence-electron chi connectivity index (χ3n) is 6.00. The largest absolute Gasteiger partial charge is 0.395 e. The Labute approximate surface area is 229 Å². The number of benzene rings is 3. The number of halogens is 1. The molecule has 0 bridgehead atoms. The highest BCUT2D eigenvalue weighted by Crippen LogP contribution is 2.34. The van der Waals surface area contributed by atoms with Gasteiger partial charge in [-0.15, -0.1) is 0 Å². The van der Waals surface area contributed by atoms with Gasteiger partial charge in [0.05, 0.1) is 5.69 Å². The molecule has 1 atom stereocenters. The van der Waals surface area contributed by atoms with Crippen molar-refractivity contribution >= 4 is 52.2 Å². The summed E-state index contributed by atoms with van der Waals surface area (Å²) in [6.07, 6.45) is 0.802. The monoisotopic (exact) mass is 547 g/mol. The minimum absolute atomic E-state index is 0.00758. The number of nitrogens with zero attached hydrogens (tertiary/aromatic N) is 2. The Bertz CT molecular complexity index is 1440. The molecule has 38 heavy (non-hydrogen) atoms. The molecule has 8 nitrogen and oxygen atoms in total. The fourth-order valence-electron chi connectivity index (χ4n) is 3.96. The summed E-state index contributed by atoms with van der Waals surface area (Å²) in [4.78, 5) is 41.0. The van der Waals surface area contributed by atoms with Gasteiger partial charge in [0.25, 0.3) is 11.8 Å². The summed E-state index contributed by atoms with van der Waals surface area (Å²) in [7, 11) is 0. The molecule has 0 fully saturated rings. The molecule has 4 rings (SSSR count). The second kappa shape index (κ2) is 11.9. The van der Waals surface area contributed by atoms with Gasteiger partial charge in [0.1, 0.15) is 10.9 Å². The topological polar surface area (TPSA) is 131 Å². The van der Waals surface area contributed by atoms with Gasteiger partial charge in [-0.1, -0.05) is 73.1 Å². The van der Waals surface area contributed by atoms with Gasteiger partial charge in [-0.2, -0.15) is 4.37 Å². The quantitative estimate of drug-likeness (QED) is 0.278. The molecule has 4 aromatic rings. The lowest BCUT2D eigenvalue weighted by Crippen LogP contribution is -2.44. The highest BCUT2D eigenvalue weighted by molar-refractivity contribution is 7.09. The number of aromatic nitrogens is 1. The zero-order valence-corrected chi connectivity index (χ0v) is 22.1. The van der Waals surface area contributed by atoms with Gasteiger partial charge in [0, 0.05) is 17.3 Å². The first-order valence-electron chi connectivity index (χ1n) is 11.8. The molecular formula is C28H26ClN5O3S. The minimum atomic E-state index is -1.09. The maximum atomic E-state index is 14.1. The molecule has 0 aliphatic carbocycles.